The zero-order chi connectivity index (χ0) is 22.5. The lowest BCUT2D eigenvalue weighted by Crippen LogP contribution is -2.34. The molecule has 0 spiro atoms. The first-order chi connectivity index (χ1) is 15.5. The van der Waals surface area contributed by atoms with Gasteiger partial charge in [-0.25, -0.2) is 0 Å². The van der Waals surface area contributed by atoms with E-state index in [4.69, 9.17) is 4.74 Å². The van der Waals surface area contributed by atoms with Crippen LogP contribution in [0, 0.1) is 5.92 Å². The number of hydrogen-bond acceptors (Lipinski definition) is 6. The highest BCUT2D eigenvalue weighted by Gasteiger charge is 2.26. The fourth-order valence-electron chi connectivity index (χ4n) is 4.41. The maximum absolute atomic E-state index is 12.2. The molecule has 0 unspecified atom stereocenters. The summed E-state index contributed by atoms with van der Waals surface area (Å²) in [6.07, 6.45) is 3.49. The summed E-state index contributed by atoms with van der Waals surface area (Å²) in [4.78, 5) is 19.3. The minimum absolute atomic E-state index is 0.0441. The van der Waals surface area contributed by atoms with Crippen molar-refractivity contribution < 1.29 is 9.53 Å². The van der Waals surface area contributed by atoms with E-state index in [-0.39, 0.29) is 18.6 Å². The molecule has 0 aliphatic carbocycles. The third-order valence-corrected chi connectivity index (χ3v) is 5.89. The maximum atomic E-state index is 12.2. The van der Waals surface area contributed by atoms with Gasteiger partial charge >= 0.3 is 0 Å². The van der Waals surface area contributed by atoms with Crippen LogP contribution in [-0.4, -0.2) is 57.4 Å². The van der Waals surface area contributed by atoms with Crippen molar-refractivity contribution in [1.82, 2.24) is 30.0 Å². The van der Waals surface area contributed by atoms with Crippen molar-refractivity contribution in [3.05, 3.63) is 53.7 Å². The second kappa shape index (κ2) is 10.2. The van der Waals surface area contributed by atoms with Gasteiger partial charge < -0.3 is 14.6 Å². The highest BCUT2D eigenvalue weighted by atomic mass is 16.5. The average molecular weight is 437 g/mol. The first-order valence-electron chi connectivity index (χ1n) is 11.3. The summed E-state index contributed by atoms with van der Waals surface area (Å²) in [6.45, 7) is 7.78. The fourth-order valence-corrected chi connectivity index (χ4v) is 4.41. The summed E-state index contributed by atoms with van der Waals surface area (Å²) in [5.74, 6) is 2.10. The molecule has 0 saturated carbocycles. The van der Waals surface area contributed by atoms with Crippen molar-refractivity contribution in [2.75, 3.05) is 26.8 Å². The molecule has 2 aromatic heterocycles. The largest absolute Gasteiger partial charge is 0.375 e. The number of benzene rings is 1. The fraction of sp³-hybridized carbons (Fsp3) is 0.500. The zero-order valence-corrected chi connectivity index (χ0v) is 19.1. The molecule has 0 bridgehead atoms. The Labute approximate surface area is 189 Å². The molecule has 0 saturated heterocycles. The van der Waals surface area contributed by atoms with Crippen molar-refractivity contribution in [1.29, 1.82) is 0 Å². The van der Waals surface area contributed by atoms with Crippen LogP contribution in [0.3, 0.4) is 0 Å². The summed E-state index contributed by atoms with van der Waals surface area (Å²) >= 11 is 0. The number of para-hydroxylation sites is 1. The van der Waals surface area contributed by atoms with Gasteiger partial charge in [0, 0.05) is 51.3 Å². The van der Waals surface area contributed by atoms with E-state index in [9.17, 15) is 4.79 Å². The maximum Gasteiger partial charge on any atom is 0.246 e. The number of pyridine rings is 1. The first kappa shape index (κ1) is 22.4. The van der Waals surface area contributed by atoms with Gasteiger partial charge in [-0.2, -0.15) is 0 Å². The van der Waals surface area contributed by atoms with Crippen LogP contribution >= 0.6 is 0 Å². The smallest absolute Gasteiger partial charge is 0.246 e. The van der Waals surface area contributed by atoms with E-state index < -0.39 is 0 Å². The number of rotatable bonds is 8. The van der Waals surface area contributed by atoms with Crippen molar-refractivity contribution in [2.24, 2.45) is 5.92 Å². The zero-order valence-electron chi connectivity index (χ0n) is 19.1. The molecule has 32 heavy (non-hydrogen) atoms. The highest BCUT2D eigenvalue weighted by Crippen LogP contribution is 2.23. The van der Waals surface area contributed by atoms with E-state index in [2.05, 4.69) is 68.1 Å². The van der Waals surface area contributed by atoms with Gasteiger partial charge in [-0.1, -0.05) is 38.1 Å². The molecule has 1 atom stereocenters. The molecular formula is C24H32N6O2. The van der Waals surface area contributed by atoms with Gasteiger partial charge in [-0.15, -0.1) is 10.2 Å². The lowest BCUT2D eigenvalue weighted by molar-refractivity contribution is -0.125. The van der Waals surface area contributed by atoms with Crippen LogP contribution in [0.1, 0.15) is 43.5 Å². The van der Waals surface area contributed by atoms with E-state index in [0.717, 1.165) is 56.2 Å². The number of ether oxygens (including phenoxy) is 1. The second-order valence-electron chi connectivity index (χ2n) is 8.83. The van der Waals surface area contributed by atoms with E-state index >= 15 is 0 Å². The summed E-state index contributed by atoms with van der Waals surface area (Å²) in [6, 6.07) is 10.3. The van der Waals surface area contributed by atoms with Gasteiger partial charge in [0.15, 0.2) is 5.82 Å². The van der Waals surface area contributed by atoms with Crippen LogP contribution in [0.15, 0.2) is 36.5 Å². The van der Waals surface area contributed by atoms with Gasteiger partial charge in [0.05, 0.1) is 11.6 Å². The minimum Gasteiger partial charge on any atom is -0.375 e. The molecule has 8 heteroatoms. The van der Waals surface area contributed by atoms with E-state index in [1.807, 2.05) is 12.3 Å². The molecule has 1 aromatic carbocycles. The predicted octanol–water partition coefficient (Wildman–Crippen LogP) is 2.73. The standard InChI is InChI=1S/C24H32N6O2/c1-17(2)14-20(26-22(31)16-32-3)24-28-27-21-9-11-29(12-13-30(21)24)15-19-7-4-6-18-8-5-10-25-23(18)19/h4-8,10,17,20H,9,11-16H2,1-3H3,(H,26,31)/t20-/m0/s1. The topological polar surface area (TPSA) is 85.2 Å². The molecular weight excluding hydrogens is 404 g/mol. The van der Waals surface area contributed by atoms with Gasteiger partial charge in [-0.3, -0.25) is 14.7 Å². The highest BCUT2D eigenvalue weighted by molar-refractivity contribution is 5.81. The Morgan fingerprint density at radius 2 is 2.00 bits per heavy atom. The van der Waals surface area contributed by atoms with Crippen molar-refractivity contribution in [3.8, 4) is 0 Å². The number of carbonyl (C=O) groups excluding carboxylic acids is 1. The third kappa shape index (κ3) is 5.14. The number of amides is 1. The summed E-state index contributed by atoms with van der Waals surface area (Å²) in [5.41, 5.74) is 2.31. The number of nitrogens with zero attached hydrogens (tertiary/aromatic N) is 5. The summed E-state index contributed by atoms with van der Waals surface area (Å²) < 4.78 is 7.19. The Bertz CT molecular complexity index is 1060. The van der Waals surface area contributed by atoms with Gasteiger partial charge in [0.2, 0.25) is 5.91 Å². The number of methoxy groups -OCH3 is 1. The molecule has 170 valence electrons. The van der Waals surface area contributed by atoms with E-state index in [1.165, 1.54) is 18.1 Å². The summed E-state index contributed by atoms with van der Waals surface area (Å²) in [7, 11) is 1.53. The van der Waals surface area contributed by atoms with Crippen LogP contribution in [-0.2, 0) is 29.0 Å². The number of carbonyl (C=O) groups is 1. The number of nitrogens with one attached hydrogen (secondary N) is 1. The lowest BCUT2D eigenvalue weighted by Gasteiger charge is -2.22. The molecule has 8 nitrogen and oxygen atoms in total. The molecule has 4 rings (SSSR count). The molecule has 1 aliphatic heterocycles. The molecule has 0 radical (unpaired) electrons. The Balaban J connectivity index is 1.50. The Kier molecular flexibility index (Phi) is 7.12. The van der Waals surface area contributed by atoms with Crippen LogP contribution in [0.5, 0.6) is 0 Å². The quantitative estimate of drug-likeness (QED) is 0.584. The van der Waals surface area contributed by atoms with Crippen molar-refractivity contribution >= 4 is 16.8 Å². The lowest BCUT2D eigenvalue weighted by atomic mass is 10.0. The number of fused-ring (bicyclic) bond motifs is 2. The Hall–Kier alpha value is -2.84. The number of aromatic nitrogens is 4. The van der Waals surface area contributed by atoms with Gasteiger partial charge in [0.1, 0.15) is 12.4 Å². The molecule has 1 amide bonds. The normalized spacial score (nSPS) is 15.5. The van der Waals surface area contributed by atoms with Crippen molar-refractivity contribution in [2.45, 2.75) is 45.8 Å². The van der Waals surface area contributed by atoms with Crippen LogP contribution in [0.2, 0.25) is 0 Å². The molecule has 1 N–H and O–H groups in total. The predicted molar refractivity (Wildman–Crippen MR) is 123 cm³/mol. The number of hydrogen-bond donors (Lipinski definition) is 1. The second-order valence-corrected chi connectivity index (χ2v) is 8.83. The molecule has 3 heterocycles. The molecule has 1 aliphatic rings. The average Bonchev–Trinajstić information content (AvgIpc) is 3.07. The SMILES string of the molecule is COCC(=O)N[C@@H](CC(C)C)c1nnc2n1CCN(Cc1cccc3cccnc13)CC2. The van der Waals surface area contributed by atoms with Gasteiger partial charge in [-0.05, 0) is 24.0 Å². The van der Waals surface area contributed by atoms with Crippen molar-refractivity contribution in [3.63, 3.8) is 0 Å². The van der Waals surface area contributed by atoms with Crippen LogP contribution < -0.4 is 5.32 Å². The Morgan fingerprint density at radius 1 is 1.16 bits per heavy atom. The van der Waals surface area contributed by atoms with E-state index in [1.54, 1.807) is 0 Å². The van der Waals surface area contributed by atoms with Gasteiger partial charge in [0.25, 0.3) is 0 Å². The molecule has 3 aromatic rings. The Morgan fingerprint density at radius 3 is 2.81 bits per heavy atom. The minimum atomic E-state index is -0.173. The van der Waals surface area contributed by atoms with Crippen LogP contribution in [0.25, 0.3) is 10.9 Å². The monoisotopic (exact) mass is 436 g/mol. The van der Waals surface area contributed by atoms with E-state index in [0.29, 0.717) is 5.92 Å². The first-order valence-corrected chi connectivity index (χ1v) is 11.3. The molecule has 0 fully saturated rings. The van der Waals surface area contributed by atoms with Crippen LogP contribution in [0.4, 0.5) is 0 Å². The summed E-state index contributed by atoms with van der Waals surface area (Å²) in [5, 5.41) is 13.2. The third-order valence-electron chi connectivity index (χ3n) is 5.89.